The average molecular weight is 654 g/mol. The smallest absolute Gasteiger partial charge is 0.166 e. The summed E-state index contributed by atoms with van der Waals surface area (Å²) in [5.74, 6) is 1.48. The Labute approximate surface area is 282 Å². The van der Waals surface area contributed by atoms with Crippen molar-refractivity contribution in [1.82, 2.24) is 24.5 Å². The molecular weight excluding hydrogens is 618 g/mol. The van der Waals surface area contributed by atoms with Crippen molar-refractivity contribution in [3.8, 4) is 22.9 Å². The third kappa shape index (κ3) is 5.49. The maximum Gasteiger partial charge on any atom is 0.166 e. The Balaban J connectivity index is 1.12. The first-order valence-corrected chi connectivity index (χ1v) is 16.1. The van der Waals surface area contributed by atoms with Crippen LogP contribution in [0.1, 0.15) is 29.3 Å². The zero-order chi connectivity index (χ0) is 33.4. The maximum atomic E-state index is 11.4. The number of ether oxygens (including phenoxy) is 4. The van der Waals surface area contributed by atoms with Crippen LogP contribution in [-0.4, -0.2) is 62.6 Å². The van der Waals surface area contributed by atoms with Gasteiger partial charge in [0.2, 0.25) is 0 Å². The number of fused-ring (bicyclic) bond motifs is 2. The van der Waals surface area contributed by atoms with Crippen molar-refractivity contribution in [1.29, 1.82) is 0 Å². The molecule has 0 amide bonds. The molecule has 0 spiro atoms. The molecule has 49 heavy (non-hydrogen) atoms. The van der Waals surface area contributed by atoms with E-state index >= 15 is 0 Å². The van der Waals surface area contributed by atoms with E-state index in [9.17, 15) is 5.11 Å². The summed E-state index contributed by atoms with van der Waals surface area (Å²) >= 11 is 0. The number of nitrogens with one attached hydrogen (secondary N) is 1. The van der Waals surface area contributed by atoms with Crippen LogP contribution in [0.5, 0.6) is 11.5 Å². The molecule has 10 heteroatoms. The van der Waals surface area contributed by atoms with Crippen LogP contribution >= 0.6 is 0 Å². The van der Waals surface area contributed by atoms with Crippen molar-refractivity contribution in [2.75, 3.05) is 20.8 Å². The second kappa shape index (κ2) is 12.8. The number of aliphatic hydroxyl groups excluding tert-OH is 1. The molecule has 3 aromatic heterocycles. The van der Waals surface area contributed by atoms with Crippen molar-refractivity contribution in [3.05, 3.63) is 139 Å². The van der Waals surface area contributed by atoms with Gasteiger partial charge in [-0.25, -0.2) is 15.0 Å². The second-order valence-corrected chi connectivity index (χ2v) is 12.1. The number of aromatic nitrogens is 5. The van der Waals surface area contributed by atoms with Crippen LogP contribution in [0.2, 0.25) is 0 Å². The molecule has 10 nitrogen and oxygen atoms in total. The minimum Gasteiger partial charge on any atom is -0.497 e. The van der Waals surface area contributed by atoms with Crippen LogP contribution in [-0.2, 0) is 15.1 Å². The van der Waals surface area contributed by atoms with E-state index in [4.69, 9.17) is 23.9 Å². The van der Waals surface area contributed by atoms with Gasteiger partial charge in [0.05, 0.1) is 39.0 Å². The first-order chi connectivity index (χ1) is 24.1. The molecular formula is C39H35N5O5. The fourth-order valence-electron chi connectivity index (χ4n) is 6.78. The molecule has 0 saturated carbocycles. The molecule has 1 fully saturated rings. The van der Waals surface area contributed by atoms with Gasteiger partial charge in [-0.05, 0) is 53.1 Å². The third-order valence-electron chi connectivity index (χ3n) is 9.30. The highest BCUT2D eigenvalue weighted by molar-refractivity contribution is 5.92. The van der Waals surface area contributed by atoms with E-state index in [1.807, 2.05) is 102 Å². The number of benzene rings is 4. The summed E-state index contributed by atoms with van der Waals surface area (Å²) in [6.45, 7) is 0.104. The molecule has 1 saturated heterocycles. The quantitative estimate of drug-likeness (QED) is 0.158. The zero-order valence-electron chi connectivity index (χ0n) is 27.1. The maximum absolute atomic E-state index is 11.4. The third-order valence-corrected chi connectivity index (χ3v) is 9.30. The van der Waals surface area contributed by atoms with Gasteiger partial charge in [-0.3, -0.25) is 4.57 Å². The van der Waals surface area contributed by atoms with Crippen LogP contribution in [0, 0.1) is 0 Å². The van der Waals surface area contributed by atoms with Crippen LogP contribution in [0.15, 0.2) is 122 Å². The number of aromatic amines is 1. The molecule has 2 N–H and O–H groups in total. The highest BCUT2D eigenvalue weighted by Crippen LogP contribution is 2.43. The summed E-state index contributed by atoms with van der Waals surface area (Å²) in [5, 5.41) is 12.5. The molecule has 1 aliphatic rings. The van der Waals surface area contributed by atoms with Gasteiger partial charge in [-0.1, -0.05) is 72.8 Å². The highest BCUT2D eigenvalue weighted by Gasteiger charge is 2.42. The van der Waals surface area contributed by atoms with Gasteiger partial charge in [0, 0.05) is 17.3 Å². The topological polar surface area (TPSA) is 117 Å². The van der Waals surface area contributed by atoms with Crippen molar-refractivity contribution in [2.45, 2.75) is 30.5 Å². The number of nitrogens with zero attached hydrogens (tertiary/aromatic N) is 4. The normalized spacial score (nSPS) is 17.9. The van der Waals surface area contributed by atoms with Gasteiger partial charge >= 0.3 is 0 Å². The molecule has 3 atom stereocenters. The molecule has 0 aliphatic carbocycles. The standard InChI is InChI=1S/C39H35N5O5/c1-46-29-16-12-27(13-17-29)39(26-9-4-3-5-10-26,28-14-18-30(47-2)19-15-28)48-22-34-33(45)21-35(49-34)44-24-42-37-36(40-23-41-38(37)44)32-20-25-8-6-7-11-31(25)43-32/h3-20,23-24,33-35,43,45H,21-22H2,1-2H3/t33-,34+,35+/m0/s1. The largest absolute Gasteiger partial charge is 0.497 e. The van der Waals surface area contributed by atoms with E-state index in [1.54, 1.807) is 20.5 Å². The predicted molar refractivity (Wildman–Crippen MR) is 185 cm³/mol. The molecule has 0 unspecified atom stereocenters. The van der Waals surface area contributed by atoms with Crippen LogP contribution in [0.3, 0.4) is 0 Å². The SMILES string of the molecule is COc1ccc(C(OC[C@H]2O[C@@H](n3cnc4c(-c5cc6ccccc6[nH]5)ncnc43)C[C@@H]2O)(c2ccccc2)c2ccc(OC)cc2)cc1. The van der Waals surface area contributed by atoms with E-state index in [0.717, 1.165) is 44.8 Å². The fourth-order valence-corrected chi connectivity index (χ4v) is 6.78. The Morgan fingerprint density at radius 2 is 1.47 bits per heavy atom. The number of rotatable bonds is 10. The van der Waals surface area contributed by atoms with Crippen LogP contribution in [0.25, 0.3) is 33.5 Å². The summed E-state index contributed by atoms with van der Waals surface area (Å²) in [4.78, 5) is 17.3. The highest BCUT2D eigenvalue weighted by atomic mass is 16.6. The van der Waals surface area contributed by atoms with Crippen molar-refractivity contribution >= 4 is 22.1 Å². The van der Waals surface area contributed by atoms with E-state index in [2.05, 4.69) is 27.1 Å². The predicted octanol–water partition coefficient (Wildman–Crippen LogP) is 6.65. The van der Waals surface area contributed by atoms with Gasteiger partial charge < -0.3 is 29.0 Å². The Bertz CT molecular complexity index is 2120. The van der Waals surface area contributed by atoms with E-state index in [0.29, 0.717) is 23.3 Å². The minimum absolute atomic E-state index is 0.104. The molecule has 7 aromatic rings. The lowest BCUT2D eigenvalue weighted by molar-refractivity contribution is -0.0931. The first kappa shape index (κ1) is 30.8. The summed E-state index contributed by atoms with van der Waals surface area (Å²) in [7, 11) is 3.29. The number of H-pyrrole nitrogens is 1. The van der Waals surface area contributed by atoms with Gasteiger partial charge in [0.15, 0.2) is 5.65 Å². The second-order valence-electron chi connectivity index (χ2n) is 12.1. The zero-order valence-corrected chi connectivity index (χ0v) is 27.1. The van der Waals surface area contributed by atoms with Crippen molar-refractivity contribution < 1.29 is 24.1 Å². The number of aliphatic hydroxyl groups is 1. The molecule has 4 aromatic carbocycles. The van der Waals surface area contributed by atoms with Gasteiger partial charge in [0.1, 0.15) is 47.0 Å². The number of methoxy groups -OCH3 is 2. The van der Waals surface area contributed by atoms with Crippen LogP contribution < -0.4 is 9.47 Å². The summed E-state index contributed by atoms with van der Waals surface area (Å²) < 4.78 is 26.4. The number of imidazole rings is 1. The fraction of sp³-hybridized carbons (Fsp3) is 0.205. The molecule has 8 rings (SSSR count). The number of para-hydroxylation sites is 1. The average Bonchev–Trinajstić information content (AvgIpc) is 3.89. The molecule has 4 heterocycles. The van der Waals surface area contributed by atoms with Crippen molar-refractivity contribution in [3.63, 3.8) is 0 Å². The monoisotopic (exact) mass is 653 g/mol. The lowest BCUT2D eigenvalue weighted by Crippen LogP contribution is -2.38. The van der Waals surface area contributed by atoms with Gasteiger partial charge in [0.25, 0.3) is 0 Å². The molecule has 1 aliphatic heterocycles. The Morgan fingerprint density at radius 1 is 0.816 bits per heavy atom. The van der Waals surface area contributed by atoms with E-state index in [1.165, 1.54) is 6.33 Å². The Kier molecular flexibility index (Phi) is 8.04. The van der Waals surface area contributed by atoms with E-state index in [-0.39, 0.29) is 6.61 Å². The Hall–Kier alpha value is -5.55. The summed E-state index contributed by atoms with van der Waals surface area (Å²) in [6, 6.07) is 35.9. The molecule has 246 valence electrons. The Morgan fingerprint density at radius 3 is 2.14 bits per heavy atom. The van der Waals surface area contributed by atoms with E-state index < -0.39 is 24.0 Å². The lowest BCUT2D eigenvalue weighted by atomic mass is 9.80. The molecule has 0 radical (unpaired) electrons. The number of hydrogen-bond acceptors (Lipinski definition) is 8. The summed E-state index contributed by atoms with van der Waals surface area (Å²) in [5.41, 5.74) is 5.53. The van der Waals surface area contributed by atoms with Crippen molar-refractivity contribution in [2.24, 2.45) is 0 Å². The molecule has 0 bridgehead atoms. The first-order valence-electron chi connectivity index (χ1n) is 16.1. The number of hydrogen-bond donors (Lipinski definition) is 2. The van der Waals surface area contributed by atoms with Gasteiger partial charge in [-0.2, -0.15) is 0 Å². The lowest BCUT2D eigenvalue weighted by Gasteiger charge is -2.37. The minimum atomic E-state index is -1.04. The summed E-state index contributed by atoms with van der Waals surface area (Å²) in [6.07, 6.45) is 1.65. The van der Waals surface area contributed by atoms with Gasteiger partial charge in [-0.15, -0.1) is 0 Å². The van der Waals surface area contributed by atoms with Crippen LogP contribution in [0.4, 0.5) is 0 Å².